The van der Waals surface area contributed by atoms with Gasteiger partial charge in [-0.3, -0.25) is 28.8 Å². The molecule has 0 saturated heterocycles. The van der Waals surface area contributed by atoms with E-state index in [1.165, 1.54) is 0 Å². The van der Waals surface area contributed by atoms with E-state index < -0.39 is 91.1 Å². The molecular weight excluding hydrogens is 450 g/mol. The third-order valence-corrected chi connectivity index (χ3v) is 4.10. The van der Waals surface area contributed by atoms with Crippen LogP contribution in [0.2, 0.25) is 0 Å². The number of amides is 4. The van der Waals surface area contributed by atoms with E-state index in [9.17, 15) is 38.7 Å². The summed E-state index contributed by atoms with van der Waals surface area (Å²) < 4.78 is 0. The maximum Gasteiger partial charge on any atom is 0.326 e. The molecule has 0 aromatic carbocycles. The molecular formula is C17H27N5O11. The van der Waals surface area contributed by atoms with Gasteiger partial charge in [-0.2, -0.15) is 0 Å². The Balaban J connectivity index is 5.44. The molecule has 5 unspecified atom stereocenters. The summed E-state index contributed by atoms with van der Waals surface area (Å²) >= 11 is 0. The van der Waals surface area contributed by atoms with Gasteiger partial charge in [-0.25, -0.2) is 4.79 Å². The molecule has 186 valence electrons. The van der Waals surface area contributed by atoms with Crippen LogP contribution in [0.25, 0.3) is 0 Å². The second-order valence-corrected chi connectivity index (χ2v) is 6.99. The molecule has 0 bridgehead atoms. The molecule has 0 saturated carbocycles. The van der Waals surface area contributed by atoms with Crippen LogP contribution in [0.3, 0.4) is 0 Å². The molecule has 0 aromatic heterocycles. The van der Waals surface area contributed by atoms with E-state index in [1.807, 2.05) is 10.6 Å². The smallest absolute Gasteiger partial charge is 0.326 e. The minimum Gasteiger partial charge on any atom is -0.481 e. The Kier molecular flexibility index (Phi) is 12.0. The average Bonchev–Trinajstić information content (AvgIpc) is 2.67. The molecule has 0 aliphatic rings. The van der Waals surface area contributed by atoms with Gasteiger partial charge in [-0.1, -0.05) is 0 Å². The molecule has 11 N–H and O–H groups in total. The van der Waals surface area contributed by atoms with Crippen LogP contribution in [0.4, 0.5) is 0 Å². The number of hydrogen-bond donors (Lipinski definition) is 9. The van der Waals surface area contributed by atoms with Crippen molar-refractivity contribution in [2.45, 2.75) is 62.9 Å². The van der Waals surface area contributed by atoms with E-state index in [0.29, 0.717) is 0 Å². The number of carbonyl (C=O) groups is 7. The molecule has 0 aliphatic carbocycles. The number of primary amides is 1. The zero-order chi connectivity index (χ0) is 25.9. The highest BCUT2D eigenvalue weighted by Gasteiger charge is 2.33. The lowest BCUT2D eigenvalue weighted by molar-refractivity contribution is -0.147. The van der Waals surface area contributed by atoms with Gasteiger partial charge in [-0.05, 0) is 13.3 Å². The van der Waals surface area contributed by atoms with Crippen LogP contribution in [0, 0.1) is 0 Å². The SMILES string of the molecule is CC(O)C(NC(=O)C(N)CCC(=O)O)C(=O)NC(CC(N)=O)C(=O)NC(CC(=O)O)C(=O)O. The molecule has 16 heteroatoms. The number of aliphatic hydroxyl groups is 1. The summed E-state index contributed by atoms with van der Waals surface area (Å²) in [7, 11) is 0. The van der Waals surface area contributed by atoms with Gasteiger partial charge in [-0.15, -0.1) is 0 Å². The molecule has 33 heavy (non-hydrogen) atoms. The van der Waals surface area contributed by atoms with E-state index in [2.05, 4.69) is 5.32 Å². The van der Waals surface area contributed by atoms with Gasteiger partial charge in [0.1, 0.15) is 18.1 Å². The van der Waals surface area contributed by atoms with Crippen molar-refractivity contribution in [1.29, 1.82) is 0 Å². The summed E-state index contributed by atoms with van der Waals surface area (Å²) in [5.74, 6) is -8.98. The quantitative estimate of drug-likeness (QED) is 0.108. The largest absolute Gasteiger partial charge is 0.481 e. The van der Waals surface area contributed by atoms with Crippen LogP contribution < -0.4 is 27.4 Å². The molecule has 5 atom stereocenters. The first kappa shape index (κ1) is 29.2. The molecule has 0 rings (SSSR count). The molecule has 0 aromatic rings. The number of aliphatic hydroxyl groups excluding tert-OH is 1. The van der Waals surface area contributed by atoms with Crippen LogP contribution in [0.15, 0.2) is 0 Å². The van der Waals surface area contributed by atoms with Crippen LogP contribution in [-0.4, -0.2) is 92.2 Å². The van der Waals surface area contributed by atoms with Gasteiger partial charge >= 0.3 is 17.9 Å². The van der Waals surface area contributed by atoms with Crippen molar-refractivity contribution >= 4 is 41.5 Å². The topological polar surface area (TPSA) is 289 Å². The van der Waals surface area contributed by atoms with Crippen LogP contribution in [-0.2, 0) is 33.6 Å². The standard InChI is InChI=1S/C17H27N5O11/c1-6(23)13(22-14(29)7(18)2-3-11(25)26)16(31)20-8(4-10(19)24)15(30)21-9(17(32)33)5-12(27)28/h6-9,13,23H,2-5,18H2,1H3,(H2,19,24)(H,20,31)(H,21,30)(H,22,29)(H,25,26)(H,27,28)(H,32,33). The molecule has 4 amide bonds. The predicted molar refractivity (Wildman–Crippen MR) is 106 cm³/mol. The number of carboxylic acid groups (broad SMARTS) is 3. The van der Waals surface area contributed by atoms with Crippen LogP contribution >= 0.6 is 0 Å². The Morgan fingerprint density at radius 3 is 1.76 bits per heavy atom. The summed E-state index contributed by atoms with van der Waals surface area (Å²) in [5.41, 5.74) is 10.6. The van der Waals surface area contributed by atoms with Gasteiger partial charge in [0.25, 0.3) is 0 Å². The molecule has 0 heterocycles. The van der Waals surface area contributed by atoms with Crippen molar-refractivity contribution < 1.29 is 54.0 Å². The first-order valence-electron chi connectivity index (χ1n) is 9.45. The minimum absolute atomic E-state index is 0.276. The van der Waals surface area contributed by atoms with Crippen molar-refractivity contribution in [3.8, 4) is 0 Å². The normalized spacial score (nSPS) is 15.1. The van der Waals surface area contributed by atoms with Gasteiger partial charge in [0, 0.05) is 6.42 Å². The number of rotatable bonds is 15. The summed E-state index contributed by atoms with van der Waals surface area (Å²) in [6, 6.07) is -6.70. The van der Waals surface area contributed by atoms with Crippen molar-refractivity contribution in [3.63, 3.8) is 0 Å². The molecule has 0 spiro atoms. The fourth-order valence-corrected chi connectivity index (χ4v) is 2.39. The average molecular weight is 477 g/mol. The second-order valence-electron chi connectivity index (χ2n) is 6.99. The van der Waals surface area contributed by atoms with Crippen molar-refractivity contribution in [1.82, 2.24) is 16.0 Å². The van der Waals surface area contributed by atoms with E-state index in [0.717, 1.165) is 6.92 Å². The van der Waals surface area contributed by atoms with E-state index in [4.69, 9.17) is 26.8 Å². The van der Waals surface area contributed by atoms with E-state index in [1.54, 1.807) is 0 Å². The maximum atomic E-state index is 12.5. The Hall–Kier alpha value is -3.79. The molecule has 0 radical (unpaired) electrons. The number of carbonyl (C=O) groups excluding carboxylic acids is 4. The van der Waals surface area contributed by atoms with Gasteiger partial charge in [0.05, 0.1) is 25.0 Å². The fraction of sp³-hybridized carbons (Fsp3) is 0.588. The highest BCUT2D eigenvalue weighted by atomic mass is 16.4. The number of aliphatic carboxylic acids is 3. The molecule has 0 aliphatic heterocycles. The summed E-state index contributed by atoms with van der Waals surface area (Å²) in [6.07, 6.45) is -4.09. The lowest BCUT2D eigenvalue weighted by Gasteiger charge is -2.25. The number of hydrogen-bond acceptors (Lipinski definition) is 9. The number of nitrogens with one attached hydrogen (secondary N) is 3. The summed E-state index contributed by atoms with van der Waals surface area (Å²) in [5, 5.41) is 42.2. The fourth-order valence-electron chi connectivity index (χ4n) is 2.39. The third-order valence-electron chi connectivity index (χ3n) is 4.10. The highest BCUT2D eigenvalue weighted by Crippen LogP contribution is 2.02. The Morgan fingerprint density at radius 1 is 0.788 bits per heavy atom. The Bertz CT molecular complexity index is 785. The molecule has 0 fully saturated rings. The maximum absolute atomic E-state index is 12.5. The van der Waals surface area contributed by atoms with Crippen molar-refractivity contribution in [3.05, 3.63) is 0 Å². The van der Waals surface area contributed by atoms with E-state index in [-0.39, 0.29) is 6.42 Å². The van der Waals surface area contributed by atoms with Crippen molar-refractivity contribution in [2.24, 2.45) is 11.5 Å². The monoisotopic (exact) mass is 477 g/mol. The minimum atomic E-state index is -1.89. The summed E-state index contributed by atoms with van der Waals surface area (Å²) in [4.78, 5) is 80.8. The molecule has 16 nitrogen and oxygen atoms in total. The first-order valence-corrected chi connectivity index (χ1v) is 9.45. The number of nitrogens with two attached hydrogens (primary N) is 2. The third kappa shape index (κ3) is 11.4. The Labute approximate surface area is 186 Å². The van der Waals surface area contributed by atoms with Crippen LogP contribution in [0.1, 0.15) is 32.6 Å². The highest BCUT2D eigenvalue weighted by molar-refractivity contribution is 5.96. The van der Waals surface area contributed by atoms with Gasteiger partial charge in [0.2, 0.25) is 23.6 Å². The van der Waals surface area contributed by atoms with E-state index >= 15 is 0 Å². The zero-order valence-electron chi connectivity index (χ0n) is 17.5. The summed E-state index contributed by atoms with van der Waals surface area (Å²) in [6.45, 7) is 1.10. The second kappa shape index (κ2) is 13.6. The predicted octanol–water partition coefficient (Wildman–Crippen LogP) is -4.55. The zero-order valence-corrected chi connectivity index (χ0v) is 17.5. The van der Waals surface area contributed by atoms with Gasteiger partial charge in [0.15, 0.2) is 0 Å². The number of carboxylic acids is 3. The lowest BCUT2D eigenvalue weighted by Crippen LogP contribution is -2.60. The van der Waals surface area contributed by atoms with Crippen molar-refractivity contribution in [2.75, 3.05) is 0 Å². The Morgan fingerprint density at radius 2 is 1.33 bits per heavy atom. The lowest BCUT2D eigenvalue weighted by atomic mass is 10.1. The first-order chi connectivity index (χ1) is 15.1. The van der Waals surface area contributed by atoms with Gasteiger partial charge < -0.3 is 47.8 Å². The van der Waals surface area contributed by atoms with Crippen LogP contribution in [0.5, 0.6) is 0 Å².